The van der Waals surface area contributed by atoms with Gasteiger partial charge in [-0.05, 0) is 31.2 Å². The highest BCUT2D eigenvalue weighted by molar-refractivity contribution is 5.96. The number of ether oxygens (including phenoxy) is 1. The van der Waals surface area contributed by atoms with E-state index in [2.05, 4.69) is 15.0 Å². The van der Waals surface area contributed by atoms with Crippen LogP contribution in [0.1, 0.15) is 35.7 Å². The first-order valence-corrected chi connectivity index (χ1v) is 8.00. The lowest BCUT2D eigenvalue weighted by molar-refractivity contribution is -0.143. The number of fused-ring (bicyclic) bond motifs is 1. The minimum atomic E-state index is -0.782. The lowest BCUT2D eigenvalue weighted by Gasteiger charge is -2.10. The van der Waals surface area contributed by atoms with E-state index in [-0.39, 0.29) is 17.5 Å². The van der Waals surface area contributed by atoms with Crippen molar-refractivity contribution < 1.29 is 23.8 Å². The summed E-state index contributed by atoms with van der Waals surface area (Å²) < 4.78 is 20.4. The van der Waals surface area contributed by atoms with Crippen molar-refractivity contribution in [2.24, 2.45) is 11.3 Å². The summed E-state index contributed by atoms with van der Waals surface area (Å²) in [5.41, 5.74) is -0.146. The Bertz CT molecular complexity index is 881. The number of carboxylic acids is 1. The van der Waals surface area contributed by atoms with Crippen LogP contribution in [0.4, 0.5) is 4.39 Å². The molecule has 0 radical (unpaired) electrons. The number of hydrogen-bond donors (Lipinski definition) is 1. The van der Waals surface area contributed by atoms with E-state index in [9.17, 15) is 19.1 Å². The molecule has 2 fully saturated rings. The van der Waals surface area contributed by atoms with Gasteiger partial charge in [0, 0.05) is 5.56 Å². The Morgan fingerprint density at radius 2 is 2.24 bits per heavy atom. The van der Waals surface area contributed by atoms with Gasteiger partial charge < -0.3 is 9.84 Å². The highest BCUT2D eigenvalue weighted by Gasteiger charge is 2.67. The van der Waals surface area contributed by atoms with Crippen molar-refractivity contribution in [3.8, 4) is 11.3 Å². The summed E-state index contributed by atoms with van der Waals surface area (Å²) in [6, 6.07) is 4.22. The fourth-order valence-electron chi connectivity index (χ4n) is 4.01. The average Bonchev–Trinajstić information content (AvgIpc) is 2.97. The van der Waals surface area contributed by atoms with Gasteiger partial charge in [0.05, 0.1) is 24.8 Å². The van der Waals surface area contributed by atoms with Gasteiger partial charge in [-0.2, -0.15) is 0 Å². The van der Waals surface area contributed by atoms with Gasteiger partial charge in [-0.1, -0.05) is 17.3 Å². The van der Waals surface area contributed by atoms with Crippen molar-refractivity contribution in [2.75, 3.05) is 7.11 Å². The van der Waals surface area contributed by atoms with Crippen molar-refractivity contribution >= 4 is 11.9 Å². The minimum absolute atomic E-state index is 0.0347. The number of aliphatic carboxylic acids is 1. The van der Waals surface area contributed by atoms with Crippen LogP contribution >= 0.6 is 0 Å². The molecule has 1 aromatic carbocycles. The summed E-state index contributed by atoms with van der Waals surface area (Å²) in [5, 5.41) is 17.5. The zero-order valence-electron chi connectivity index (χ0n) is 13.5. The van der Waals surface area contributed by atoms with Gasteiger partial charge in [0.25, 0.3) is 0 Å². The fourth-order valence-corrected chi connectivity index (χ4v) is 4.01. The Morgan fingerprint density at radius 1 is 1.44 bits per heavy atom. The molecule has 130 valence electrons. The predicted molar refractivity (Wildman–Crippen MR) is 83.2 cm³/mol. The maximum absolute atomic E-state index is 14.1. The second-order valence-corrected chi connectivity index (χ2v) is 6.62. The Labute approximate surface area is 142 Å². The molecule has 2 aromatic rings. The van der Waals surface area contributed by atoms with Gasteiger partial charge in [0.15, 0.2) is 0 Å². The fraction of sp³-hybridized carbons (Fsp3) is 0.412. The maximum atomic E-state index is 14.1. The lowest BCUT2D eigenvalue weighted by Crippen LogP contribution is -2.14. The molecule has 7 nitrogen and oxygen atoms in total. The van der Waals surface area contributed by atoms with E-state index in [4.69, 9.17) is 0 Å². The summed E-state index contributed by atoms with van der Waals surface area (Å²) >= 11 is 0. The normalized spacial score (nSPS) is 27.0. The molecule has 2 saturated carbocycles. The van der Waals surface area contributed by atoms with Crippen LogP contribution in [0.15, 0.2) is 24.4 Å². The van der Waals surface area contributed by atoms with Gasteiger partial charge in [-0.3, -0.25) is 4.79 Å². The largest absolute Gasteiger partial charge is 0.481 e. The van der Waals surface area contributed by atoms with E-state index in [0.29, 0.717) is 30.5 Å². The van der Waals surface area contributed by atoms with Crippen LogP contribution in [0.25, 0.3) is 11.3 Å². The van der Waals surface area contributed by atoms with E-state index in [0.717, 1.165) is 0 Å². The third-order valence-electron chi connectivity index (χ3n) is 5.44. The second-order valence-electron chi connectivity index (χ2n) is 6.62. The molecule has 1 heterocycles. The quantitative estimate of drug-likeness (QED) is 0.855. The van der Waals surface area contributed by atoms with Crippen LogP contribution in [0, 0.1) is 17.2 Å². The van der Waals surface area contributed by atoms with E-state index in [1.807, 2.05) is 0 Å². The van der Waals surface area contributed by atoms with Gasteiger partial charge >= 0.3 is 11.9 Å². The molecular weight excluding hydrogens is 329 g/mol. The zero-order valence-corrected chi connectivity index (χ0v) is 13.5. The van der Waals surface area contributed by atoms with Crippen LogP contribution < -0.4 is 0 Å². The Hall–Kier alpha value is -2.77. The van der Waals surface area contributed by atoms with Crippen LogP contribution in [0.2, 0.25) is 0 Å². The predicted octanol–water partition coefficient (Wildman–Crippen LogP) is 2.30. The Kier molecular flexibility index (Phi) is 3.38. The molecule has 8 heteroatoms. The summed E-state index contributed by atoms with van der Waals surface area (Å²) in [4.78, 5) is 23.3. The summed E-state index contributed by atoms with van der Waals surface area (Å²) in [7, 11) is 1.19. The first-order valence-electron chi connectivity index (χ1n) is 8.00. The molecule has 0 aliphatic heterocycles. The standard InChI is InChI=1S/C17H16FN3O4/c1-25-15(22)14-9(3-2-4-11(14)18)12-8-21(20-19-12)13-5-6-17(16(23)24)7-10(13)17/h2-4,8,10,13H,5-7H2,1H3,(H,23,24)/t10-,13+,17+/m0/s1. The highest BCUT2D eigenvalue weighted by atomic mass is 19.1. The molecule has 0 bridgehead atoms. The van der Waals surface area contributed by atoms with Crippen LogP contribution in [-0.2, 0) is 9.53 Å². The van der Waals surface area contributed by atoms with Crippen LogP contribution in [0.3, 0.4) is 0 Å². The number of rotatable bonds is 4. The number of carbonyl (C=O) groups excluding carboxylic acids is 1. The third kappa shape index (κ3) is 2.24. The molecule has 0 unspecified atom stereocenters. The molecular formula is C17H16FN3O4. The molecule has 3 atom stereocenters. The third-order valence-corrected chi connectivity index (χ3v) is 5.44. The lowest BCUT2D eigenvalue weighted by atomic mass is 10.0. The van der Waals surface area contributed by atoms with Gasteiger partial charge in [0.1, 0.15) is 17.1 Å². The van der Waals surface area contributed by atoms with E-state index >= 15 is 0 Å². The second kappa shape index (κ2) is 5.37. The summed E-state index contributed by atoms with van der Waals surface area (Å²) in [6.45, 7) is 0. The zero-order chi connectivity index (χ0) is 17.8. The highest BCUT2D eigenvalue weighted by Crippen LogP contribution is 2.67. The number of hydrogen-bond acceptors (Lipinski definition) is 5. The summed E-state index contributed by atoms with van der Waals surface area (Å²) in [5.74, 6) is -2.17. The summed E-state index contributed by atoms with van der Waals surface area (Å²) in [6.07, 6.45) is 3.63. The number of carbonyl (C=O) groups is 2. The first kappa shape index (κ1) is 15.7. The van der Waals surface area contributed by atoms with Crippen molar-refractivity contribution in [1.29, 1.82) is 0 Å². The minimum Gasteiger partial charge on any atom is -0.481 e. The van der Waals surface area contributed by atoms with Crippen LogP contribution in [0.5, 0.6) is 0 Å². The molecule has 2 aliphatic rings. The molecule has 2 aliphatic carbocycles. The molecule has 1 N–H and O–H groups in total. The van der Waals surface area contributed by atoms with Crippen LogP contribution in [-0.4, -0.2) is 39.1 Å². The van der Waals surface area contributed by atoms with Gasteiger partial charge in [-0.15, -0.1) is 5.10 Å². The number of halogens is 1. The molecule has 0 saturated heterocycles. The number of carboxylic acid groups (broad SMARTS) is 1. The van der Waals surface area contributed by atoms with Crippen molar-refractivity contribution in [3.63, 3.8) is 0 Å². The van der Waals surface area contributed by atoms with E-state index in [1.165, 1.54) is 19.2 Å². The topological polar surface area (TPSA) is 94.3 Å². The molecule has 0 amide bonds. The monoisotopic (exact) mass is 345 g/mol. The number of aromatic nitrogens is 3. The molecule has 0 spiro atoms. The smallest absolute Gasteiger partial charge is 0.341 e. The molecule has 1 aromatic heterocycles. The SMILES string of the molecule is COC(=O)c1c(F)cccc1-c1cn([C@@H]2CC[C@@]3(C(=O)O)C[C@@H]23)nn1. The maximum Gasteiger partial charge on any atom is 0.341 e. The van der Waals surface area contributed by atoms with Crippen molar-refractivity contribution in [1.82, 2.24) is 15.0 Å². The number of methoxy groups -OCH3 is 1. The van der Waals surface area contributed by atoms with Gasteiger partial charge in [-0.25, -0.2) is 13.9 Å². The number of benzene rings is 1. The van der Waals surface area contributed by atoms with E-state index in [1.54, 1.807) is 16.9 Å². The Balaban J connectivity index is 1.67. The first-order chi connectivity index (χ1) is 12.0. The van der Waals surface area contributed by atoms with E-state index < -0.39 is 23.2 Å². The number of nitrogens with zero attached hydrogens (tertiary/aromatic N) is 3. The van der Waals surface area contributed by atoms with Crippen molar-refractivity contribution in [3.05, 3.63) is 35.8 Å². The number of esters is 1. The average molecular weight is 345 g/mol. The Morgan fingerprint density at radius 3 is 2.88 bits per heavy atom. The van der Waals surface area contributed by atoms with Gasteiger partial charge in [0.2, 0.25) is 0 Å². The molecule has 25 heavy (non-hydrogen) atoms. The van der Waals surface area contributed by atoms with Crippen molar-refractivity contribution in [2.45, 2.75) is 25.3 Å². The molecule has 4 rings (SSSR count).